The Kier molecular flexibility index (Phi) is 2.87. The number of fused-ring (bicyclic) bond motifs is 3. The van der Waals surface area contributed by atoms with Crippen molar-refractivity contribution in [3.63, 3.8) is 0 Å². The van der Waals surface area contributed by atoms with Gasteiger partial charge in [-0.25, -0.2) is 0 Å². The van der Waals surface area contributed by atoms with E-state index in [9.17, 15) is 0 Å². The van der Waals surface area contributed by atoms with E-state index < -0.39 is 0 Å². The summed E-state index contributed by atoms with van der Waals surface area (Å²) in [6, 6.07) is 4.19. The van der Waals surface area contributed by atoms with Gasteiger partial charge in [0.2, 0.25) is 0 Å². The molecule has 0 unspecified atom stereocenters. The van der Waals surface area contributed by atoms with E-state index in [1.807, 2.05) is 0 Å². The summed E-state index contributed by atoms with van der Waals surface area (Å²) >= 11 is 3.78. The minimum Gasteiger partial charge on any atom is -0.495 e. The van der Waals surface area contributed by atoms with E-state index in [1.54, 1.807) is 7.11 Å². The van der Waals surface area contributed by atoms with Gasteiger partial charge in [-0.3, -0.25) is 4.90 Å². The smallest absolute Gasteiger partial charge is 0.143 e. The van der Waals surface area contributed by atoms with E-state index in [4.69, 9.17) is 4.74 Å². The topological polar surface area (TPSA) is 17.4 Å². The number of rotatable bonds is 1. The summed E-state index contributed by atoms with van der Waals surface area (Å²) in [6.07, 6.45) is 0. The number of aryl methyl sites for hydroxylation is 1. The number of hydrogen-bond acceptors (Lipinski definition) is 2. The van der Waals surface area contributed by atoms with Crippen LogP contribution < -0.4 is 4.74 Å². The molecule has 1 aromatic heterocycles. The molecule has 2 heterocycles. The molecule has 1 aromatic carbocycles. The van der Waals surface area contributed by atoms with Crippen LogP contribution in [-0.2, 0) is 13.1 Å². The van der Waals surface area contributed by atoms with Gasteiger partial charge >= 0.3 is 0 Å². The van der Waals surface area contributed by atoms with Crippen LogP contribution >= 0.6 is 15.9 Å². The molecule has 3 nitrogen and oxygen atoms in total. The van der Waals surface area contributed by atoms with Gasteiger partial charge in [0.1, 0.15) is 5.75 Å². The lowest BCUT2D eigenvalue weighted by Crippen LogP contribution is -2.30. The van der Waals surface area contributed by atoms with Gasteiger partial charge in [0, 0.05) is 35.2 Å². The number of aromatic nitrogens is 1. The zero-order chi connectivity index (χ0) is 12.9. The number of benzene rings is 1. The first-order chi connectivity index (χ1) is 8.63. The van der Waals surface area contributed by atoms with Gasteiger partial charge < -0.3 is 9.30 Å². The van der Waals surface area contributed by atoms with Crippen LogP contribution in [0.1, 0.15) is 11.3 Å². The average molecular weight is 309 g/mol. The van der Waals surface area contributed by atoms with Gasteiger partial charge in [-0.15, -0.1) is 0 Å². The maximum absolute atomic E-state index is 5.53. The fraction of sp³-hybridized carbons (Fsp3) is 0.429. The lowest BCUT2D eigenvalue weighted by molar-refractivity contribution is 0.271. The third kappa shape index (κ3) is 1.59. The van der Waals surface area contributed by atoms with Gasteiger partial charge in [0.25, 0.3) is 0 Å². The Hall–Kier alpha value is -1.00. The predicted molar refractivity (Wildman–Crippen MR) is 77.3 cm³/mol. The van der Waals surface area contributed by atoms with Crippen molar-refractivity contribution in [3.05, 3.63) is 27.9 Å². The number of likely N-dealkylation sites (N-methyl/N-ethyl adjacent to an activating group) is 1. The van der Waals surface area contributed by atoms with Crippen molar-refractivity contribution in [1.29, 1.82) is 0 Å². The van der Waals surface area contributed by atoms with Crippen LogP contribution in [0.4, 0.5) is 0 Å². The first-order valence-corrected chi connectivity index (χ1v) is 6.95. The molecular formula is C14H17BrN2O. The fourth-order valence-corrected chi connectivity index (χ4v) is 3.63. The van der Waals surface area contributed by atoms with Crippen molar-refractivity contribution in [3.8, 4) is 5.75 Å². The van der Waals surface area contributed by atoms with Crippen LogP contribution in [0.15, 0.2) is 16.6 Å². The molecule has 0 saturated heterocycles. The Labute approximate surface area is 115 Å². The first-order valence-electron chi connectivity index (χ1n) is 6.16. The molecule has 0 bridgehead atoms. The van der Waals surface area contributed by atoms with Crippen molar-refractivity contribution in [1.82, 2.24) is 9.47 Å². The van der Waals surface area contributed by atoms with Gasteiger partial charge in [-0.2, -0.15) is 0 Å². The second-order valence-electron chi connectivity index (χ2n) is 4.96. The second-order valence-corrected chi connectivity index (χ2v) is 5.75. The highest BCUT2D eigenvalue weighted by atomic mass is 79.9. The minimum absolute atomic E-state index is 0.965. The van der Waals surface area contributed by atoms with Crippen LogP contribution in [0, 0.1) is 6.92 Å². The fourth-order valence-electron chi connectivity index (χ4n) is 2.79. The highest BCUT2D eigenvalue weighted by Gasteiger charge is 2.23. The lowest BCUT2D eigenvalue weighted by atomic mass is 10.1. The van der Waals surface area contributed by atoms with E-state index >= 15 is 0 Å². The van der Waals surface area contributed by atoms with Crippen LogP contribution in [-0.4, -0.2) is 30.2 Å². The molecule has 18 heavy (non-hydrogen) atoms. The molecule has 2 aromatic rings. The normalized spacial score (nSPS) is 16.0. The molecule has 0 amide bonds. The first kappa shape index (κ1) is 12.1. The van der Waals surface area contributed by atoms with Gasteiger partial charge in [0.15, 0.2) is 0 Å². The Bertz CT molecular complexity index is 618. The molecule has 96 valence electrons. The zero-order valence-corrected chi connectivity index (χ0v) is 12.5. The van der Waals surface area contributed by atoms with Crippen molar-refractivity contribution in [2.24, 2.45) is 0 Å². The lowest BCUT2D eigenvalue weighted by Gasteiger charge is -2.25. The molecule has 0 N–H and O–H groups in total. The third-order valence-electron chi connectivity index (χ3n) is 3.76. The predicted octanol–water partition coefficient (Wildman–Crippen LogP) is 3.17. The standard InChI is InChI=1S/C14H17BrN2O/c1-9-4-5-11(18-3)14-12(9)13(15)10-8-16(2)6-7-17(10)14/h4-5H,6-8H2,1-3H3. The van der Waals surface area contributed by atoms with E-state index in [1.165, 1.54) is 26.6 Å². The Morgan fingerprint density at radius 3 is 2.78 bits per heavy atom. The molecule has 1 aliphatic rings. The summed E-state index contributed by atoms with van der Waals surface area (Å²) in [5.74, 6) is 0.965. The summed E-state index contributed by atoms with van der Waals surface area (Å²) in [6.45, 7) is 5.24. The second kappa shape index (κ2) is 4.28. The summed E-state index contributed by atoms with van der Waals surface area (Å²) in [4.78, 5) is 2.35. The quantitative estimate of drug-likeness (QED) is 0.805. The average Bonchev–Trinajstić information content (AvgIpc) is 2.65. The molecule has 0 aliphatic carbocycles. The van der Waals surface area contributed by atoms with E-state index in [0.29, 0.717) is 0 Å². The van der Waals surface area contributed by atoms with Crippen LogP contribution in [0.2, 0.25) is 0 Å². The van der Waals surface area contributed by atoms with Crippen molar-refractivity contribution in [2.75, 3.05) is 20.7 Å². The van der Waals surface area contributed by atoms with Gasteiger partial charge in [-0.05, 0) is 41.5 Å². The molecule has 4 heteroatoms. The van der Waals surface area contributed by atoms with E-state index in [2.05, 4.69) is 51.5 Å². The molecular weight excluding hydrogens is 292 g/mol. The van der Waals surface area contributed by atoms with E-state index in [0.717, 1.165) is 25.4 Å². The molecule has 1 aliphatic heterocycles. The molecule has 0 saturated carbocycles. The zero-order valence-electron chi connectivity index (χ0n) is 11.0. The molecule has 0 radical (unpaired) electrons. The number of halogens is 1. The Morgan fingerprint density at radius 2 is 2.06 bits per heavy atom. The summed E-state index contributed by atoms with van der Waals surface area (Å²) in [5.41, 5.74) is 3.88. The monoisotopic (exact) mass is 308 g/mol. The molecule has 0 spiro atoms. The van der Waals surface area contributed by atoms with Crippen molar-refractivity contribution >= 4 is 26.8 Å². The maximum atomic E-state index is 5.53. The van der Waals surface area contributed by atoms with Crippen molar-refractivity contribution < 1.29 is 4.74 Å². The number of ether oxygens (including phenoxy) is 1. The molecule has 3 rings (SSSR count). The van der Waals surface area contributed by atoms with Crippen molar-refractivity contribution in [2.45, 2.75) is 20.0 Å². The van der Waals surface area contributed by atoms with Gasteiger partial charge in [-0.1, -0.05) is 6.07 Å². The summed E-state index contributed by atoms with van der Waals surface area (Å²) < 4.78 is 9.15. The highest BCUT2D eigenvalue weighted by molar-refractivity contribution is 9.10. The Balaban J connectivity index is 2.39. The van der Waals surface area contributed by atoms with Crippen LogP contribution in [0.5, 0.6) is 5.75 Å². The largest absolute Gasteiger partial charge is 0.495 e. The van der Waals surface area contributed by atoms with Crippen LogP contribution in [0.3, 0.4) is 0 Å². The summed E-state index contributed by atoms with van der Waals surface area (Å²) in [7, 11) is 3.91. The minimum atomic E-state index is 0.965. The number of methoxy groups -OCH3 is 1. The third-order valence-corrected chi connectivity index (χ3v) is 4.62. The Morgan fingerprint density at radius 1 is 1.28 bits per heavy atom. The highest BCUT2D eigenvalue weighted by Crippen LogP contribution is 2.39. The molecule has 0 atom stereocenters. The maximum Gasteiger partial charge on any atom is 0.143 e. The van der Waals surface area contributed by atoms with E-state index in [-0.39, 0.29) is 0 Å². The van der Waals surface area contributed by atoms with Crippen LogP contribution in [0.25, 0.3) is 10.9 Å². The number of hydrogen-bond donors (Lipinski definition) is 0. The summed E-state index contributed by atoms with van der Waals surface area (Å²) in [5, 5.41) is 1.29. The molecule has 0 fully saturated rings. The SMILES string of the molecule is COc1ccc(C)c2c(Br)c3n(c12)CCN(C)C3. The number of nitrogens with zero attached hydrogens (tertiary/aromatic N) is 2. The van der Waals surface area contributed by atoms with Gasteiger partial charge in [0.05, 0.1) is 12.6 Å².